The van der Waals surface area contributed by atoms with Gasteiger partial charge in [-0.25, -0.2) is 8.42 Å². The van der Waals surface area contributed by atoms with Gasteiger partial charge < -0.3 is 10.4 Å². The second-order valence-electron chi connectivity index (χ2n) is 6.85. The van der Waals surface area contributed by atoms with Crippen LogP contribution in [0.25, 0.3) is 5.57 Å². The predicted octanol–water partition coefficient (Wildman–Crippen LogP) is 2.41. The van der Waals surface area contributed by atoms with Gasteiger partial charge in [-0.05, 0) is 42.7 Å². The molecule has 0 saturated heterocycles. The van der Waals surface area contributed by atoms with E-state index < -0.39 is 21.5 Å². The van der Waals surface area contributed by atoms with Gasteiger partial charge in [0.05, 0.1) is 0 Å². The number of thiophene rings is 1. The number of carboxylic acid groups (broad SMARTS) is 1. The van der Waals surface area contributed by atoms with Gasteiger partial charge in [0.15, 0.2) is 0 Å². The van der Waals surface area contributed by atoms with Crippen LogP contribution in [0.5, 0.6) is 0 Å². The van der Waals surface area contributed by atoms with E-state index in [0.29, 0.717) is 0 Å². The number of hydrogen-bond donors (Lipinski definition) is 3. The van der Waals surface area contributed by atoms with Crippen molar-refractivity contribution in [2.24, 2.45) is 0 Å². The third-order valence-electron chi connectivity index (χ3n) is 5.09. The van der Waals surface area contributed by atoms with E-state index >= 15 is 0 Å². The van der Waals surface area contributed by atoms with Crippen LogP contribution < -0.4 is 10.0 Å². The smallest absolute Gasteiger partial charge is 0.325 e. The summed E-state index contributed by atoms with van der Waals surface area (Å²) < 4.78 is 28.4. The Balaban J connectivity index is 1.58. The lowest BCUT2D eigenvalue weighted by Gasteiger charge is -2.15. The maximum absolute atomic E-state index is 12.9. The topological polar surface area (TPSA) is 95.5 Å². The average Bonchev–Trinajstić information content (AvgIpc) is 3.16. The van der Waals surface area contributed by atoms with E-state index in [2.05, 4.69) is 16.1 Å². The van der Waals surface area contributed by atoms with Gasteiger partial charge in [-0.15, -0.1) is 11.3 Å². The Bertz CT molecular complexity index is 998. The summed E-state index contributed by atoms with van der Waals surface area (Å²) in [6.07, 6.45) is 3.16. The van der Waals surface area contributed by atoms with Crippen LogP contribution in [0.4, 0.5) is 0 Å². The summed E-state index contributed by atoms with van der Waals surface area (Å²) >= 11 is 1.18. The highest BCUT2D eigenvalue weighted by molar-refractivity contribution is 7.91. The van der Waals surface area contributed by atoms with Crippen molar-refractivity contribution in [1.82, 2.24) is 10.0 Å². The summed E-state index contributed by atoms with van der Waals surface area (Å²) in [5.74, 6) is -1.50. The first kappa shape index (κ1) is 18.4. The molecule has 27 heavy (non-hydrogen) atoms. The van der Waals surface area contributed by atoms with Crippen molar-refractivity contribution in [2.75, 3.05) is 13.1 Å². The predicted molar refractivity (Wildman–Crippen MR) is 104 cm³/mol. The zero-order valence-electron chi connectivity index (χ0n) is 14.5. The Morgan fingerprint density at radius 2 is 2.00 bits per heavy atom. The van der Waals surface area contributed by atoms with Crippen molar-refractivity contribution in [3.8, 4) is 0 Å². The van der Waals surface area contributed by atoms with E-state index in [4.69, 9.17) is 0 Å². The molecule has 1 aromatic carbocycles. The molecule has 0 amide bonds. The zero-order valence-corrected chi connectivity index (χ0v) is 16.1. The number of carboxylic acids is 1. The molecule has 2 aliphatic rings. The first-order valence-electron chi connectivity index (χ1n) is 8.75. The number of sulfonamides is 1. The van der Waals surface area contributed by atoms with Crippen LogP contribution in [-0.2, 0) is 14.8 Å². The maximum Gasteiger partial charge on any atom is 0.325 e. The van der Waals surface area contributed by atoms with Crippen LogP contribution in [0, 0.1) is 0 Å². The largest absolute Gasteiger partial charge is 0.480 e. The van der Waals surface area contributed by atoms with Crippen molar-refractivity contribution < 1.29 is 18.3 Å². The van der Waals surface area contributed by atoms with Gasteiger partial charge in [-0.2, -0.15) is 4.72 Å². The molecule has 1 aliphatic carbocycles. The first-order valence-corrected chi connectivity index (χ1v) is 11.0. The molecule has 0 bridgehead atoms. The van der Waals surface area contributed by atoms with Crippen LogP contribution in [-0.4, -0.2) is 38.1 Å². The number of carbonyl (C=O) groups is 1. The molecule has 2 heterocycles. The molecule has 1 aromatic heterocycles. The van der Waals surface area contributed by atoms with E-state index in [1.807, 2.05) is 30.3 Å². The molecule has 1 saturated carbocycles. The van der Waals surface area contributed by atoms with Gasteiger partial charge in [-0.3, -0.25) is 4.79 Å². The Morgan fingerprint density at radius 1 is 1.22 bits per heavy atom. The fourth-order valence-electron chi connectivity index (χ4n) is 3.52. The number of benzene rings is 1. The third-order valence-corrected chi connectivity index (χ3v) is 8.25. The van der Waals surface area contributed by atoms with Crippen LogP contribution in [0.15, 0.2) is 52.7 Å². The second kappa shape index (κ2) is 6.87. The molecular weight excluding hydrogens is 384 g/mol. The molecule has 1 fully saturated rings. The number of nitrogens with one attached hydrogen (secondary N) is 2. The lowest BCUT2D eigenvalue weighted by atomic mass is 10.1. The third kappa shape index (κ3) is 3.45. The van der Waals surface area contributed by atoms with Gasteiger partial charge >= 0.3 is 5.97 Å². The highest BCUT2D eigenvalue weighted by Gasteiger charge is 2.63. The average molecular weight is 405 g/mol. The molecule has 2 atom stereocenters. The molecule has 8 heteroatoms. The van der Waals surface area contributed by atoms with Crippen LogP contribution >= 0.6 is 11.3 Å². The van der Waals surface area contributed by atoms with Gasteiger partial charge in [0.25, 0.3) is 10.0 Å². The zero-order chi connectivity index (χ0) is 19.1. The summed E-state index contributed by atoms with van der Waals surface area (Å²) in [6.45, 7) is 1.64. The van der Waals surface area contributed by atoms with Crippen molar-refractivity contribution in [3.63, 3.8) is 0 Å². The quantitative estimate of drug-likeness (QED) is 0.687. The fourth-order valence-corrected chi connectivity index (χ4v) is 6.30. The minimum Gasteiger partial charge on any atom is -0.480 e. The SMILES string of the molecule is O=C(O)[C@]1(NS(=O)(=O)c2ccc(C3=CCNCC3)s2)C[C@@H]1c1ccccc1. The van der Waals surface area contributed by atoms with Gasteiger partial charge in [0, 0.05) is 17.3 Å². The van der Waals surface area contributed by atoms with Crippen LogP contribution in [0.2, 0.25) is 0 Å². The van der Waals surface area contributed by atoms with E-state index in [-0.39, 0.29) is 16.5 Å². The summed E-state index contributed by atoms with van der Waals surface area (Å²) in [5.41, 5.74) is 0.481. The van der Waals surface area contributed by atoms with Crippen molar-refractivity contribution in [1.29, 1.82) is 0 Å². The van der Waals surface area contributed by atoms with E-state index in [0.717, 1.165) is 35.5 Å². The van der Waals surface area contributed by atoms with Crippen LogP contribution in [0.1, 0.15) is 29.2 Å². The minimum absolute atomic E-state index is 0.149. The van der Waals surface area contributed by atoms with E-state index in [1.54, 1.807) is 12.1 Å². The van der Waals surface area contributed by atoms with Crippen molar-refractivity contribution >= 4 is 32.9 Å². The molecule has 4 rings (SSSR count). The molecule has 0 radical (unpaired) electrons. The maximum atomic E-state index is 12.9. The van der Waals surface area contributed by atoms with Gasteiger partial charge in [0.1, 0.15) is 9.75 Å². The lowest BCUT2D eigenvalue weighted by Crippen LogP contribution is -2.44. The molecule has 3 N–H and O–H groups in total. The Labute approximate surface area is 162 Å². The van der Waals surface area contributed by atoms with E-state index in [1.165, 1.54) is 11.3 Å². The second-order valence-corrected chi connectivity index (χ2v) is 9.84. The monoisotopic (exact) mass is 404 g/mol. The molecule has 0 spiro atoms. The summed E-state index contributed by atoms with van der Waals surface area (Å²) in [6, 6.07) is 12.5. The minimum atomic E-state index is -3.91. The summed E-state index contributed by atoms with van der Waals surface area (Å²) in [7, 11) is -3.91. The van der Waals surface area contributed by atoms with Gasteiger partial charge in [-0.1, -0.05) is 36.4 Å². The summed E-state index contributed by atoms with van der Waals surface area (Å²) in [5, 5.41) is 12.9. The molecule has 1 aliphatic heterocycles. The number of rotatable bonds is 6. The Hall–Kier alpha value is -2.00. The standard InChI is InChI=1S/C19H20N2O4S2/c22-18(23)19(12-15(19)13-4-2-1-3-5-13)21-27(24,25)17-7-6-16(26-17)14-8-10-20-11-9-14/h1-8,15,20-21H,9-12H2,(H,22,23)/t15-,19+/m1/s1. The van der Waals surface area contributed by atoms with Crippen LogP contribution in [0.3, 0.4) is 0 Å². The molecule has 2 aromatic rings. The highest BCUT2D eigenvalue weighted by atomic mass is 32.2. The number of hydrogen-bond acceptors (Lipinski definition) is 5. The van der Waals surface area contributed by atoms with Gasteiger partial charge in [0.2, 0.25) is 0 Å². The normalized spacial score (nSPS) is 25.0. The molecule has 0 unspecified atom stereocenters. The molecule has 6 nitrogen and oxygen atoms in total. The Kier molecular flexibility index (Phi) is 4.67. The molecule has 142 valence electrons. The van der Waals surface area contributed by atoms with Crippen molar-refractivity contribution in [3.05, 3.63) is 59.0 Å². The highest BCUT2D eigenvalue weighted by Crippen LogP contribution is 2.52. The molecular formula is C19H20N2O4S2. The number of aliphatic carboxylic acids is 1. The van der Waals surface area contributed by atoms with E-state index in [9.17, 15) is 18.3 Å². The first-order chi connectivity index (χ1) is 12.9. The van der Waals surface area contributed by atoms with Crippen molar-refractivity contribution in [2.45, 2.75) is 28.5 Å². The Morgan fingerprint density at radius 3 is 2.67 bits per heavy atom. The summed E-state index contributed by atoms with van der Waals surface area (Å²) in [4.78, 5) is 12.8. The fraction of sp³-hybridized carbons (Fsp3) is 0.316. The lowest BCUT2D eigenvalue weighted by molar-refractivity contribution is -0.140.